The van der Waals surface area contributed by atoms with Gasteiger partial charge in [0.15, 0.2) is 23.9 Å². The minimum Gasteiger partial charge on any atom is -0.493 e. The molecule has 2 aromatic carbocycles. The lowest BCUT2D eigenvalue weighted by atomic mass is 10.2. The number of rotatable bonds is 8. The molecule has 0 unspecified atom stereocenters. The second kappa shape index (κ2) is 9.36. The number of hydrogen-bond acceptors (Lipinski definition) is 9. The molecule has 0 aliphatic carbocycles. The molecule has 9 nitrogen and oxygen atoms in total. The van der Waals surface area contributed by atoms with Crippen molar-refractivity contribution in [3.63, 3.8) is 0 Å². The third-order valence-corrected chi connectivity index (χ3v) is 3.88. The zero-order valence-electron chi connectivity index (χ0n) is 16.4. The monoisotopic (exact) mass is 394 g/mol. The van der Waals surface area contributed by atoms with Gasteiger partial charge in [0.25, 0.3) is 0 Å². The Bertz CT molecular complexity index is 992. The third-order valence-electron chi connectivity index (χ3n) is 3.88. The molecule has 9 heteroatoms. The zero-order valence-corrected chi connectivity index (χ0v) is 16.4. The molecule has 0 saturated carbocycles. The Hall–Kier alpha value is -3.88. The van der Waals surface area contributed by atoms with Crippen LogP contribution in [-0.2, 0) is 11.4 Å². The summed E-state index contributed by atoms with van der Waals surface area (Å²) in [6, 6.07) is 13.2. The molecule has 0 fully saturated rings. The van der Waals surface area contributed by atoms with Crippen LogP contribution in [0.4, 0.5) is 17.6 Å². The van der Waals surface area contributed by atoms with Crippen LogP contribution in [0, 0.1) is 6.92 Å². The number of nitrogens with zero attached hydrogens (tertiary/aromatic N) is 4. The highest BCUT2D eigenvalue weighted by molar-refractivity contribution is 5.80. The summed E-state index contributed by atoms with van der Waals surface area (Å²) >= 11 is 0. The van der Waals surface area contributed by atoms with Gasteiger partial charge in [0.1, 0.15) is 0 Å². The van der Waals surface area contributed by atoms with Crippen LogP contribution in [0.2, 0.25) is 0 Å². The lowest BCUT2D eigenvalue weighted by Gasteiger charge is -2.08. The van der Waals surface area contributed by atoms with Gasteiger partial charge in [-0.15, -0.1) is 0 Å². The molecule has 3 N–H and O–H groups in total. The number of nitrogens with one attached hydrogen (secondary N) is 1. The fourth-order valence-electron chi connectivity index (χ4n) is 2.45. The van der Waals surface area contributed by atoms with Gasteiger partial charge in [-0.05, 0) is 37.3 Å². The summed E-state index contributed by atoms with van der Waals surface area (Å²) in [5, 5.41) is 7.03. The molecule has 0 aliphatic heterocycles. The largest absolute Gasteiger partial charge is 0.493 e. The van der Waals surface area contributed by atoms with E-state index in [-0.39, 0.29) is 12.6 Å². The van der Waals surface area contributed by atoms with Crippen LogP contribution in [0.25, 0.3) is 0 Å². The first-order valence-electron chi connectivity index (χ1n) is 8.79. The van der Waals surface area contributed by atoms with E-state index < -0.39 is 0 Å². The summed E-state index contributed by atoms with van der Waals surface area (Å²) in [7, 11) is 3.15. The van der Waals surface area contributed by atoms with Crippen LogP contribution in [-0.4, -0.2) is 35.4 Å². The number of oxime groups is 1. The highest BCUT2D eigenvalue weighted by Gasteiger charge is 2.06. The molecule has 3 aromatic rings. The summed E-state index contributed by atoms with van der Waals surface area (Å²) in [6.45, 7) is 2.06. The van der Waals surface area contributed by atoms with Crippen LogP contribution < -0.4 is 20.5 Å². The van der Waals surface area contributed by atoms with Gasteiger partial charge < -0.3 is 25.4 Å². The van der Waals surface area contributed by atoms with Gasteiger partial charge >= 0.3 is 0 Å². The van der Waals surface area contributed by atoms with Crippen molar-refractivity contribution >= 4 is 23.8 Å². The standard InChI is InChI=1S/C20H22N6O3/c1-13-4-7-15(8-5-13)23-20-25-18(24-19(21)26-20)12-29-22-11-14-6-9-16(27-2)17(10-14)28-3/h4-11H,12H2,1-3H3,(H3,21,23,24,25,26)/b22-11-. The number of nitrogen functional groups attached to an aromatic ring is 1. The number of anilines is 3. The first-order valence-corrected chi connectivity index (χ1v) is 8.79. The maximum Gasteiger partial charge on any atom is 0.232 e. The van der Waals surface area contributed by atoms with Crippen molar-refractivity contribution in [2.45, 2.75) is 13.5 Å². The molecule has 0 bridgehead atoms. The van der Waals surface area contributed by atoms with Crippen molar-refractivity contribution in [2.75, 3.05) is 25.3 Å². The number of hydrogen-bond donors (Lipinski definition) is 2. The van der Waals surface area contributed by atoms with Crippen LogP contribution in [0.3, 0.4) is 0 Å². The average Bonchev–Trinajstić information content (AvgIpc) is 2.72. The minimum absolute atomic E-state index is 0.0408. The first-order chi connectivity index (χ1) is 14.1. The van der Waals surface area contributed by atoms with E-state index in [1.54, 1.807) is 32.6 Å². The number of benzene rings is 2. The Morgan fingerprint density at radius 2 is 1.76 bits per heavy atom. The van der Waals surface area contributed by atoms with E-state index >= 15 is 0 Å². The summed E-state index contributed by atoms with van der Waals surface area (Å²) < 4.78 is 10.5. The van der Waals surface area contributed by atoms with Crippen molar-refractivity contribution in [3.8, 4) is 11.5 Å². The van der Waals surface area contributed by atoms with E-state index in [0.29, 0.717) is 23.3 Å². The fourth-order valence-corrected chi connectivity index (χ4v) is 2.45. The highest BCUT2D eigenvalue weighted by Crippen LogP contribution is 2.26. The van der Waals surface area contributed by atoms with Crippen LogP contribution in [0.1, 0.15) is 17.0 Å². The SMILES string of the molecule is COc1ccc(/C=N\OCc2nc(N)nc(Nc3ccc(C)cc3)n2)cc1OC. The molecule has 1 aromatic heterocycles. The third kappa shape index (κ3) is 5.55. The number of aryl methyl sites for hydroxylation is 1. The van der Waals surface area contributed by atoms with Crippen LogP contribution >= 0.6 is 0 Å². The van der Waals surface area contributed by atoms with Gasteiger partial charge in [-0.1, -0.05) is 22.9 Å². The van der Waals surface area contributed by atoms with Crippen molar-refractivity contribution in [3.05, 3.63) is 59.4 Å². The second-order valence-electron chi connectivity index (χ2n) is 6.05. The Morgan fingerprint density at radius 3 is 2.48 bits per heavy atom. The van der Waals surface area contributed by atoms with Gasteiger partial charge in [0, 0.05) is 11.3 Å². The minimum atomic E-state index is 0.0408. The summed E-state index contributed by atoms with van der Waals surface area (Å²) in [5.74, 6) is 2.03. The van der Waals surface area contributed by atoms with Crippen molar-refractivity contribution in [1.82, 2.24) is 15.0 Å². The maximum absolute atomic E-state index is 5.77. The molecule has 0 radical (unpaired) electrons. The second-order valence-corrected chi connectivity index (χ2v) is 6.05. The highest BCUT2D eigenvalue weighted by atomic mass is 16.6. The van der Waals surface area contributed by atoms with Gasteiger partial charge in [-0.3, -0.25) is 0 Å². The van der Waals surface area contributed by atoms with Gasteiger partial charge in [0.2, 0.25) is 11.9 Å². The molecule has 0 amide bonds. The number of methoxy groups -OCH3 is 2. The van der Waals surface area contributed by atoms with E-state index in [1.807, 2.05) is 37.3 Å². The molecule has 150 valence electrons. The smallest absolute Gasteiger partial charge is 0.232 e. The van der Waals surface area contributed by atoms with Crippen molar-refractivity contribution in [2.24, 2.45) is 5.16 Å². The predicted molar refractivity (Wildman–Crippen MR) is 111 cm³/mol. The Labute approximate surface area is 168 Å². The maximum atomic E-state index is 5.77. The Balaban J connectivity index is 1.62. The molecular weight excluding hydrogens is 372 g/mol. The van der Waals surface area contributed by atoms with E-state index in [0.717, 1.165) is 16.8 Å². The summed E-state index contributed by atoms with van der Waals surface area (Å²) in [5.41, 5.74) is 8.57. The Morgan fingerprint density at radius 1 is 1.00 bits per heavy atom. The van der Waals surface area contributed by atoms with Gasteiger partial charge in [-0.25, -0.2) is 0 Å². The zero-order chi connectivity index (χ0) is 20.6. The predicted octanol–water partition coefficient (Wildman–Crippen LogP) is 3.07. The quantitative estimate of drug-likeness (QED) is 0.442. The molecule has 29 heavy (non-hydrogen) atoms. The first kappa shape index (κ1) is 19.9. The fraction of sp³-hybridized carbons (Fsp3) is 0.200. The lowest BCUT2D eigenvalue weighted by molar-refractivity contribution is 0.126. The topological polar surface area (TPSA) is 117 Å². The van der Waals surface area contributed by atoms with E-state index in [1.165, 1.54) is 0 Å². The molecule has 0 spiro atoms. The number of ether oxygens (including phenoxy) is 2. The van der Waals surface area contributed by atoms with Gasteiger partial charge in [0.05, 0.1) is 20.4 Å². The molecule has 0 saturated heterocycles. The van der Waals surface area contributed by atoms with Crippen LogP contribution in [0.15, 0.2) is 47.6 Å². The summed E-state index contributed by atoms with van der Waals surface area (Å²) in [6.07, 6.45) is 1.55. The molecule has 3 rings (SSSR count). The normalized spacial score (nSPS) is 10.7. The summed E-state index contributed by atoms with van der Waals surface area (Å²) in [4.78, 5) is 17.7. The average molecular weight is 394 g/mol. The molecule has 0 aliphatic rings. The van der Waals surface area contributed by atoms with Gasteiger partial charge in [-0.2, -0.15) is 15.0 Å². The number of nitrogens with two attached hydrogens (primary N) is 1. The number of aromatic nitrogens is 3. The van der Waals surface area contributed by atoms with E-state index in [4.69, 9.17) is 20.0 Å². The van der Waals surface area contributed by atoms with E-state index in [2.05, 4.69) is 25.4 Å². The Kier molecular flexibility index (Phi) is 6.41. The van der Waals surface area contributed by atoms with Crippen LogP contribution in [0.5, 0.6) is 11.5 Å². The molecular formula is C20H22N6O3. The molecule has 0 atom stereocenters. The molecule has 1 heterocycles. The van der Waals surface area contributed by atoms with Crippen molar-refractivity contribution < 1.29 is 14.3 Å². The lowest BCUT2D eigenvalue weighted by Crippen LogP contribution is -2.07. The van der Waals surface area contributed by atoms with Crippen molar-refractivity contribution in [1.29, 1.82) is 0 Å². The van der Waals surface area contributed by atoms with E-state index in [9.17, 15) is 0 Å².